The molecule has 2 aliphatic rings. The first-order valence-corrected chi connectivity index (χ1v) is 11.7. The van der Waals surface area contributed by atoms with Gasteiger partial charge in [0.25, 0.3) is 5.91 Å². The van der Waals surface area contributed by atoms with Crippen LogP contribution in [-0.4, -0.2) is 70.2 Å². The van der Waals surface area contributed by atoms with E-state index in [2.05, 4.69) is 26.7 Å². The van der Waals surface area contributed by atoms with Crippen LogP contribution in [0.3, 0.4) is 0 Å². The van der Waals surface area contributed by atoms with E-state index >= 15 is 0 Å². The summed E-state index contributed by atoms with van der Waals surface area (Å²) in [4.78, 5) is 29.7. The molecule has 5 rings (SSSR count). The van der Waals surface area contributed by atoms with Crippen molar-refractivity contribution >= 4 is 22.8 Å². The molecule has 4 heterocycles. The molecule has 0 spiro atoms. The predicted molar refractivity (Wildman–Crippen MR) is 124 cm³/mol. The number of alkyl halides is 3. The Bertz CT molecular complexity index is 1240. The summed E-state index contributed by atoms with van der Waals surface area (Å²) in [5.74, 6) is 0.845. The lowest BCUT2D eigenvalue weighted by Crippen LogP contribution is -2.38. The standard InChI is InChI=1S/C24H27F3N6O2/c1-32-9-5-15(13-32)21-30-20-17(4-8-29-22(20)31-21)14-6-10-33(11-7-14)23(34)18-3-2-16(12-19(18)28)35-24(25,26)27/h2-4,8,12,14-15H,5-7,9-11,13,28H2,1H3,(H,29,30,31). The fraction of sp³-hybridized carbons (Fsp3) is 0.458. The molecule has 35 heavy (non-hydrogen) atoms. The number of amides is 1. The number of nitrogen functional groups attached to an aromatic ring is 1. The van der Waals surface area contributed by atoms with Crippen molar-refractivity contribution in [1.82, 2.24) is 24.8 Å². The number of carbonyl (C=O) groups excluding carboxylic acids is 1. The van der Waals surface area contributed by atoms with Crippen molar-refractivity contribution in [2.45, 2.75) is 37.5 Å². The molecule has 1 aromatic carbocycles. The molecule has 1 amide bonds. The van der Waals surface area contributed by atoms with Crippen LogP contribution in [0, 0.1) is 0 Å². The van der Waals surface area contributed by atoms with E-state index in [-0.39, 0.29) is 23.1 Å². The number of benzene rings is 1. The number of rotatable bonds is 4. The number of likely N-dealkylation sites (N-methyl/N-ethyl adjacent to an activating group) is 1. The third-order valence-electron chi connectivity index (χ3n) is 6.93. The second-order valence-corrected chi connectivity index (χ2v) is 9.33. The van der Waals surface area contributed by atoms with Crippen LogP contribution >= 0.6 is 0 Å². The van der Waals surface area contributed by atoms with Gasteiger partial charge in [-0.25, -0.2) is 9.97 Å². The number of hydrogen-bond donors (Lipinski definition) is 2. The number of anilines is 1. The average molecular weight is 489 g/mol. The lowest BCUT2D eigenvalue weighted by atomic mass is 9.89. The van der Waals surface area contributed by atoms with E-state index in [9.17, 15) is 18.0 Å². The van der Waals surface area contributed by atoms with E-state index in [0.717, 1.165) is 67.0 Å². The Morgan fingerprint density at radius 3 is 2.54 bits per heavy atom. The molecule has 11 heteroatoms. The molecule has 2 fully saturated rings. The average Bonchev–Trinajstić information content (AvgIpc) is 3.44. The highest BCUT2D eigenvalue weighted by molar-refractivity contribution is 5.99. The molecule has 8 nitrogen and oxygen atoms in total. The van der Waals surface area contributed by atoms with Gasteiger partial charge < -0.3 is 25.3 Å². The number of nitrogens with zero attached hydrogens (tertiary/aromatic N) is 4. The zero-order valence-corrected chi connectivity index (χ0v) is 19.3. The van der Waals surface area contributed by atoms with Gasteiger partial charge in [0.15, 0.2) is 5.65 Å². The molecule has 0 radical (unpaired) electrons. The SMILES string of the molecule is CN1CCC(c2nc3nccc(C4CCN(C(=O)c5ccc(OC(F)(F)F)cc5N)CC4)c3[nH]2)C1. The Kier molecular flexibility index (Phi) is 6.04. The van der Waals surface area contributed by atoms with E-state index in [4.69, 9.17) is 10.7 Å². The van der Waals surface area contributed by atoms with E-state index in [1.54, 1.807) is 11.1 Å². The first-order valence-electron chi connectivity index (χ1n) is 11.7. The van der Waals surface area contributed by atoms with Crippen LogP contribution in [0.4, 0.5) is 18.9 Å². The molecular formula is C24H27F3N6O2. The maximum atomic E-state index is 13.0. The van der Waals surface area contributed by atoms with E-state index in [1.807, 2.05) is 6.07 Å². The van der Waals surface area contributed by atoms with Crippen LogP contribution in [0.5, 0.6) is 5.75 Å². The predicted octanol–water partition coefficient (Wildman–Crippen LogP) is 3.88. The summed E-state index contributed by atoms with van der Waals surface area (Å²) in [6, 6.07) is 5.43. The number of aromatic amines is 1. The highest BCUT2D eigenvalue weighted by atomic mass is 19.4. The van der Waals surface area contributed by atoms with Crippen molar-refractivity contribution in [1.29, 1.82) is 0 Å². The minimum absolute atomic E-state index is 0.0442. The van der Waals surface area contributed by atoms with Crippen LogP contribution in [0.1, 0.15) is 52.8 Å². The minimum atomic E-state index is -4.82. The molecular weight excluding hydrogens is 461 g/mol. The number of hydrogen-bond acceptors (Lipinski definition) is 6. The number of piperidine rings is 1. The van der Waals surface area contributed by atoms with Crippen molar-refractivity contribution in [3.8, 4) is 5.75 Å². The topological polar surface area (TPSA) is 100 Å². The van der Waals surface area contributed by atoms with Crippen molar-refractivity contribution in [2.24, 2.45) is 0 Å². The maximum absolute atomic E-state index is 13.0. The van der Waals surface area contributed by atoms with Gasteiger partial charge in [0, 0.05) is 43.5 Å². The minimum Gasteiger partial charge on any atom is -0.406 e. The number of nitrogens with two attached hydrogens (primary N) is 1. The molecule has 2 saturated heterocycles. The van der Waals surface area contributed by atoms with Gasteiger partial charge in [0.1, 0.15) is 11.6 Å². The fourth-order valence-electron chi connectivity index (χ4n) is 5.14. The van der Waals surface area contributed by atoms with Crippen molar-refractivity contribution < 1.29 is 22.7 Å². The van der Waals surface area contributed by atoms with Crippen LogP contribution in [0.25, 0.3) is 11.2 Å². The van der Waals surface area contributed by atoms with Gasteiger partial charge in [0.2, 0.25) is 0 Å². The number of ether oxygens (including phenoxy) is 1. The van der Waals surface area contributed by atoms with E-state index in [0.29, 0.717) is 19.0 Å². The lowest BCUT2D eigenvalue weighted by molar-refractivity contribution is -0.274. The number of carbonyl (C=O) groups is 1. The molecule has 2 aliphatic heterocycles. The molecule has 0 bridgehead atoms. The van der Waals surface area contributed by atoms with Gasteiger partial charge >= 0.3 is 6.36 Å². The number of pyridine rings is 1. The van der Waals surface area contributed by atoms with Gasteiger partial charge in [0.05, 0.1) is 11.1 Å². The number of nitrogens with one attached hydrogen (secondary N) is 1. The third kappa shape index (κ3) is 4.90. The second kappa shape index (κ2) is 9.03. The molecule has 186 valence electrons. The summed E-state index contributed by atoms with van der Waals surface area (Å²) in [5, 5.41) is 0. The van der Waals surface area contributed by atoms with Crippen molar-refractivity contribution in [3.05, 3.63) is 47.4 Å². The van der Waals surface area contributed by atoms with Gasteiger partial charge in [-0.3, -0.25) is 4.79 Å². The van der Waals surface area contributed by atoms with Crippen LogP contribution < -0.4 is 10.5 Å². The Labute approximate surface area is 200 Å². The summed E-state index contributed by atoms with van der Waals surface area (Å²) in [7, 11) is 2.11. The summed E-state index contributed by atoms with van der Waals surface area (Å²) in [6.07, 6.45) is -0.466. The van der Waals surface area contributed by atoms with E-state index < -0.39 is 12.1 Å². The molecule has 3 aromatic rings. The number of imidazole rings is 1. The van der Waals surface area contributed by atoms with Crippen molar-refractivity contribution in [2.75, 3.05) is 39.0 Å². The first-order chi connectivity index (χ1) is 16.7. The summed E-state index contributed by atoms with van der Waals surface area (Å²) in [6.45, 7) is 3.06. The maximum Gasteiger partial charge on any atom is 0.573 e. The Morgan fingerprint density at radius 1 is 1.14 bits per heavy atom. The van der Waals surface area contributed by atoms with Crippen LogP contribution in [0.15, 0.2) is 30.5 Å². The zero-order valence-electron chi connectivity index (χ0n) is 19.3. The quantitative estimate of drug-likeness (QED) is 0.541. The Morgan fingerprint density at radius 2 is 1.89 bits per heavy atom. The van der Waals surface area contributed by atoms with Crippen molar-refractivity contribution in [3.63, 3.8) is 0 Å². The zero-order chi connectivity index (χ0) is 24.7. The first kappa shape index (κ1) is 23.4. The molecule has 0 aliphatic carbocycles. The van der Waals surface area contributed by atoms with Gasteiger partial charge in [-0.15, -0.1) is 13.2 Å². The second-order valence-electron chi connectivity index (χ2n) is 9.33. The normalized spacial score (nSPS) is 20.0. The van der Waals surface area contributed by atoms with Gasteiger partial charge in [-0.2, -0.15) is 0 Å². The number of likely N-dealkylation sites (tertiary alicyclic amines) is 2. The van der Waals surface area contributed by atoms with Crippen LogP contribution in [-0.2, 0) is 0 Å². The third-order valence-corrected chi connectivity index (χ3v) is 6.93. The highest BCUT2D eigenvalue weighted by Crippen LogP contribution is 2.34. The lowest BCUT2D eigenvalue weighted by Gasteiger charge is -2.32. The number of fused-ring (bicyclic) bond motifs is 1. The largest absolute Gasteiger partial charge is 0.573 e. The Balaban J connectivity index is 1.27. The van der Waals surface area contributed by atoms with E-state index in [1.165, 1.54) is 6.07 Å². The number of H-pyrrole nitrogens is 1. The fourth-order valence-corrected chi connectivity index (χ4v) is 5.14. The summed E-state index contributed by atoms with van der Waals surface area (Å²) in [5.41, 5.74) is 8.84. The molecule has 2 aromatic heterocycles. The Hall–Kier alpha value is -3.34. The van der Waals surface area contributed by atoms with Gasteiger partial charge in [-0.1, -0.05) is 0 Å². The monoisotopic (exact) mass is 488 g/mol. The molecule has 0 saturated carbocycles. The smallest absolute Gasteiger partial charge is 0.406 e. The molecule has 3 N–H and O–H groups in total. The number of aromatic nitrogens is 3. The van der Waals surface area contributed by atoms with Crippen LogP contribution in [0.2, 0.25) is 0 Å². The molecule has 1 unspecified atom stereocenters. The number of halogens is 3. The summed E-state index contributed by atoms with van der Waals surface area (Å²) < 4.78 is 41.2. The van der Waals surface area contributed by atoms with Gasteiger partial charge in [-0.05, 0) is 62.5 Å². The molecule has 1 atom stereocenters. The highest BCUT2D eigenvalue weighted by Gasteiger charge is 2.32. The summed E-state index contributed by atoms with van der Waals surface area (Å²) >= 11 is 0.